The highest BCUT2D eigenvalue weighted by molar-refractivity contribution is 14.1. The van der Waals surface area contributed by atoms with E-state index in [4.69, 9.17) is 0 Å². The molecule has 2 amide bonds. The molecule has 2 aromatic rings. The Morgan fingerprint density at radius 2 is 1.83 bits per heavy atom. The summed E-state index contributed by atoms with van der Waals surface area (Å²) < 4.78 is -0.563. The fraction of sp³-hybridized carbons (Fsp3) is 0.364. The second-order valence-corrected chi connectivity index (χ2v) is 9.58. The summed E-state index contributed by atoms with van der Waals surface area (Å²) in [7, 11) is 0. The second-order valence-electron chi connectivity index (χ2n) is 7.52. The fourth-order valence-electron chi connectivity index (χ4n) is 4.24. The molecule has 0 bridgehead atoms. The normalized spacial score (nSPS) is 22.0. The lowest BCUT2D eigenvalue weighted by atomic mass is 9.93. The number of hydrogen-bond acceptors (Lipinski definition) is 4. The topological polar surface area (TPSA) is 69.6 Å². The summed E-state index contributed by atoms with van der Waals surface area (Å²) in [5.74, 6) is -0.0940. The van der Waals surface area contributed by atoms with Gasteiger partial charge in [0.25, 0.3) is 5.91 Å². The average Bonchev–Trinajstić information content (AvgIpc) is 3.17. The van der Waals surface area contributed by atoms with Crippen LogP contribution in [-0.2, 0) is 35.6 Å². The van der Waals surface area contributed by atoms with Gasteiger partial charge in [0.05, 0.1) is 6.61 Å². The molecule has 5 nitrogen and oxygen atoms in total. The zero-order chi connectivity index (χ0) is 20.5. The van der Waals surface area contributed by atoms with Gasteiger partial charge in [0.1, 0.15) is 6.04 Å². The third-order valence-corrected chi connectivity index (χ3v) is 7.78. The number of nitrogens with zero attached hydrogens (tertiary/aromatic N) is 1. The molecule has 1 aliphatic heterocycles. The first kappa shape index (κ1) is 20.7. The van der Waals surface area contributed by atoms with Crippen molar-refractivity contribution in [3.05, 3.63) is 64.7 Å². The number of aliphatic hydroxyl groups excluding tert-OH is 1. The number of benzene rings is 2. The third kappa shape index (κ3) is 4.04. The van der Waals surface area contributed by atoms with Crippen LogP contribution in [0.4, 0.5) is 0 Å². The second kappa shape index (κ2) is 8.65. The molecule has 2 atom stereocenters. The molecule has 0 spiro atoms. The van der Waals surface area contributed by atoms with Gasteiger partial charge >= 0.3 is 0 Å². The summed E-state index contributed by atoms with van der Waals surface area (Å²) in [4.78, 5) is 28.8. The monoisotopic (exact) mass is 522 g/mol. The largest absolute Gasteiger partial charge is 0.392 e. The Bertz CT molecular complexity index is 926. The van der Waals surface area contributed by atoms with Crippen LogP contribution < -0.4 is 5.32 Å². The number of aliphatic hydroxyl groups is 1. The molecule has 1 aliphatic carbocycles. The van der Waals surface area contributed by atoms with Gasteiger partial charge in [-0.05, 0) is 82.0 Å². The summed E-state index contributed by atoms with van der Waals surface area (Å²) in [5.41, 5.74) is 4.20. The van der Waals surface area contributed by atoms with Gasteiger partial charge in [-0.15, -0.1) is 11.8 Å². The van der Waals surface area contributed by atoms with Crippen LogP contribution >= 0.6 is 34.4 Å². The van der Waals surface area contributed by atoms with Crippen LogP contribution in [0.25, 0.3) is 0 Å². The van der Waals surface area contributed by atoms with Crippen molar-refractivity contribution in [3.63, 3.8) is 0 Å². The van der Waals surface area contributed by atoms with Gasteiger partial charge in [-0.3, -0.25) is 9.59 Å². The number of carbonyl (C=O) groups excluding carboxylic acids is 2. The van der Waals surface area contributed by atoms with Crippen LogP contribution in [0.1, 0.15) is 22.3 Å². The number of piperazine rings is 1. The molecule has 0 unspecified atom stereocenters. The number of fused-ring (bicyclic) bond motifs is 1. The van der Waals surface area contributed by atoms with Crippen LogP contribution in [0.3, 0.4) is 0 Å². The standard InChI is InChI=1S/C22H23IN2O3S/c1-29-18-7-6-15(17(10-18)12-26)11-25-20(23)21(27)24-19(22(25)28)16-8-13-4-2-3-5-14(13)9-16/h2-7,10,16,19-20,26H,8-9,11-12H2,1H3,(H,24,27)/t19-,20+/m1/s1. The summed E-state index contributed by atoms with van der Waals surface area (Å²) in [6, 6.07) is 13.6. The van der Waals surface area contributed by atoms with E-state index in [1.165, 1.54) is 11.1 Å². The Morgan fingerprint density at radius 3 is 2.45 bits per heavy atom. The van der Waals surface area contributed by atoms with Crippen molar-refractivity contribution >= 4 is 46.2 Å². The molecule has 2 N–H and O–H groups in total. The first-order valence-corrected chi connectivity index (χ1v) is 12.1. The molecule has 7 heteroatoms. The van der Waals surface area contributed by atoms with Gasteiger partial charge in [-0.1, -0.05) is 30.3 Å². The SMILES string of the molecule is CSc1ccc(CN2C(=O)[C@@H](C3Cc4ccccc4C3)NC(=O)[C@H]2I)c(CO)c1. The smallest absolute Gasteiger partial charge is 0.253 e. The van der Waals surface area contributed by atoms with Gasteiger partial charge in [0.15, 0.2) is 4.05 Å². The number of alkyl halides is 1. The van der Waals surface area contributed by atoms with Crippen LogP contribution in [0.15, 0.2) is 47.4 Å². The summed E-state index contributed by atoms with van der Waals surface area (Å²) in [5, 5.41) is 12.7. The maximum absolute atomic E-state index is 13.4. The zero-order valence-corrected chi connectivity index (χ0v) is 19.1. The molecule has 1 heterocycles. The Hall–Kier alpha value is -1.58. The first-order valence-electron chi connectivity index (χ1n) is 9.60. The van der Waals surface area contributed by atoms with Gasteiger partial charge in [-0.25, -0.2) is 0 Å². The number of amides is 2. The molecule has 0 aromatic heterocycles. The van der Waals surface area contributed by atoms with Gasteiger partial charge in [0, 0.05) is 11.4 Å². The summed E-state index contributed by atoms with van der Waals surface area (Å²) in [6.45, 7) is 0.228. The van der Waals surface area contributed by atoms with Crippen LogP contribution in [0, 0.1) is 5.92 Å². The fourth-order valence-corrected chi connectivity index (χ4v) is 5.35. The highest BCUT2D eigenvalue weighted by atomic mass is 127. The zero-order valence-electron chi connectivity index (χ0n) is 16.1. The maximum Gasteiger partial charge on any atom is 0.253 e. The van der Waals surface area contributed by atoms with Gasteiger partial charge in [-0.2, -0.15) is 0 Å². The highest BCUT2D eigenvalue weighted by Crippen LogP contribution is 2.32. The summed E-state index contributed by atoms with van der Waals surface area (Å²) >= 11 is 3.63. The lowest BCUT2D eigenvalue weighted by molar-refractivity contribution is -0.147. The van der Waals surface area contributed by atoms with Crippen molar-refractivity contribution in [3.8, 4) is 0 Å². The number of hydrogen-bond donors (Lipinski definition) is 2. The van der Waals surface area contributed by atoms with Gasteiger partial charge < -0.3 is 15.3 Å². The Labute approximate surface area is 188 Å². The number of carbonyl (C=O) groups is 2. The third-order valence-electron chi connectivity index (χ3n) is 5.82. The molecule has 1 saturated heterocycles. The number of thioether (sulfide) groups is 1. The number of rotatable bonds is 5. The van der Waals surface area contributed by atoms with E-state index in [2.05, 4.69) is 17.4 Å². The molecule has 1 fully saturated rings. The Balaban J connectivity index is 1.57. The molecule has 2 aliphatic rings. The molecule has 4 rings (SSSR count). The van der Waals surface area contributed by atoms with Crippen LogP contribution in [-0.4, -0.2) is 38.2 Å². The Morgan fingerprint density at radius 1 is 1.14 bits per heavy atom. The summed E-state index contributed by atoms with van der Waals surface area (Å²) in [6.07, 6.45) is 3.59. The minimum Gasteiger partial charge on any atom is -0.392 e. The molecular weight excluding hydrogens is 499 g/mol. The molecule has 152 valence electrons. The lowest BCUT2D eigenvalue weighted by Gasteiger charge is -2.39. The molecule has 29 heavy (non-hydrogen) atoms. The van der Waals surface area contributed by atoms with E-state index in [1.807, 2.05) is 59.2 Å². The minimum atomic E-state index is -0.563. The van der Waals surface area contributed by atoms with Crippen LogP contribution in [0.5, 0.6) is 0 Å². The van der Waals surface area contributed by atoms with E-state index >= 15 is 0 Å². The lowest BCUT2D eigenvalue weighted by Crippen LogP contribution is -2.63. The first-order chi connectivity index (χ1) is 14.0. The minimum absolute atomic E-state index is 0.0420. The average molecular weight is 522 g/mol. The number of nitrogens with one attached hydrogen (secondary N) is 1. The quantitative estimate of drug-likeness (QED) is 0.274. The van der Waals surface area contributed by atoms with E-state index in [-0.39, 0.29) is 24.3 Å². The van der Waals surface area contributed by atoms with Crippen LogP contribution in [0.2, 0.25) is 0 Å². The van der Waals surface area contributed by atoms with Crippen molar-refractivity contribution in [2.45, 2.75) is 41.0 Å². The van der Waals surface area contributed by atoms with E-state index in [9.17, 15) is 14.7 Å². The predicted molar refractivity (Wildman–Crippen MR) is 122 cm³/mol. The van der Waals surface area contributed by atoms with E-state index in [0.717, 1.165) is 28.9 Å². The molecular formula is C22H23IN2O3S. The van der Waals surface area contributed by atoms with E-state index < -0.39 is 10.1 Å². The maximum atomic E-state index is 13.4. The van der Waals surface area contributed by atoms with E-state index in [1.54, 1.807) is 16.7 Å². The molecule has 0 saturated carbocycles. The van der Waals surface area contributed by atoms with Crippen molar-refractivity contribution in [1.82, 2.24) is 10.2 Å². The molecule has 0 radical (unpaired) electrons. The highest BCUT2D eigenvalue weighted by Gasteiger charge is 2.44. The Kier molecular flexibility index (Phi) is 6.17. The number of halogens is 1. The molecule has 2 aromatic carbocycles. The van der Waals surface area contributed by atoms with Gasteiger partial charge in [0.2, 0.25) is 5.91 Å². The van der Waals surface area contributed by atoms with Crippen molar-refractivity contribution < 1.29 is 14.7 Å². The van der Waals surface area contributed by atoms with Crippen molar-refractivity contribution in [1.29, 1.82) is 0 Å². The van der Waals surface area contributed by atoms with Crippen molar-refractivity contribution in [2.24, 2.45) is 5.92 Å². The van der Waals surface area contributed by atoms with Crippen molar-refractivity contribution in [2.75, 3.05) is 6.26 Å². The predicted octanol–water partition coefficient (Wildman–Crippen LogP) is 2.90. The van der Waals surface area contributed by atoms with E-state index in [0.29, 0.717) is 6.54 Å².